The van der Waals surface area contributed by atoms with Gasteiger partial charge in [0.25, 0.3) is 0 Å². The fourth-order valence-electron chi connectivity index (χ4n) is 1.19. The van der Waals surface area contributed by atoms with Crippen molar-refractivity contribution in [1.82, 2.24) is 0 Å². The molecule has 0 N–H and O–H groups in total. The summed E-state index contributed by atoms with van der Waals surface area (Å²) in [6.07, 6.45) is -4.09. The molecule has 0 aliphatic carbocycles. The number of hydrogen-bond donors (Lipinski definition) is 0. The molecule has 0 nitrogen and oxygen atoms in total. The molecule has 5 heteroatoms. The molecule has 0 saturated carbocycles. The molecule has 0 radical (unpaired) electrons. The molecule has 0 spiro atoms. The highest BCUT2D eigenvalue weighted by molar-refractivity contribution is 9.10. The Balaban J connectivity index is 3.44. The Bertz CT molecular complexity index is 347. The second-order valence-electron chi connectivity index (χ2n) is 2.75. The lowest BCUT2D eigenvalue weighted by atomic mass is 10.1. The molecule has 1 rings (SSSR count). The second kappa shape index (κ2) is 4.11. The summed E-state index contributed by atoms with van der Waals surface area (Å²) in [6, 6.07) is 2.95. The van der Waals surface area contributed by atoms with Crippen LogP contribution in [0, 0.1) is 0 Å². The van der Waals surface area contributed by atoms with Gasteiger partial charge in [-0.1, -0.05) is 24.6 Å². The van der Waals surface area contributed by atoms with Crippen LogP contribution in [0.25, 0.3) is 0 Å². The Labute approximate surface area is 93.2 Å². The van der Waals surface area contributed by atoms with Gasteiger partial charge in [-0.05, 0) is 34.0 Å². The van der Waals surface area contributed by atoms with Crippen LogP contribution in [0.2, 0.25) is 5.02 Å². The third kappa shape index (κ3) is 2.23. The van der Waals surface area contributed by atoms with Crippen LogP contribution >= 0.6 is 27.5 Å². The Morgan fingerprint density at radius 2 is 1.93 bits per heavy atom. The molecule has 78 valence electrons. The summed E-state index contributed by atoms with van der Waals surface area (Å²) in [5, 5.41) is -0.267. The van der Waals surface area contributed by atoms with E-state index in [1.54, 1.807) is 6.92 Å². The number of halogens is 5. The summed E-state index contributed by atoms with van der Waals surface area (Å²) in [7, 11) is 0. The lowest BCUT2D eigenvalue weighted by Crippen LogP contribution is -2.10. The van der Waals surface area contributed by atoms with Gasteiger partial charge in [0, 0.05) is 4.47 Å². The fourth-order valence-corrected chi connectivity index (χ4v) is 1.81. The number of rotatable bonds is 1. The Morgan fingerprint density at radius 1 is 1.36 bits per heavy atom. The predicted octanol–water partition coefficient (Wildman–Crippen LogP) is 4.68. The van der Waals surface area contributed by atoms with Crippen LogP contribution in [0.5, 0.6) is 0 Å². The fraction of sp³-hybridized carbons (Fsp3) is 0.333. The minimum Gasteiger partial charge on any atom is -0.166 e. The maximum absolute atomic E-state index is 12.6. The quantitative estimate of drug-likeness (QED) is 0.703. The van der Waals surface area contributed by atoms with Crippen molar-refractivity contribution < 1.29 is 13.2 Å². The Morgan fingerprint density at radius 3 is 2.36 bits per heavy atom. The smallest absolute Gasteiger partial charge is 0.166 e. The van der Waals surface area contributed by atoms with Crippen LogP contribution in [0.3, 0.4) is 0 Å². The van der Waals surface area contributed by atoms with E-state index in [0.29, 0.717) is 6.42 Å². The average molecular weight is 288 g/mol. The zero-order valence-corrected chi connectivity index (χ0v) is 9.59. The van der Waals surface area contributed by atoms with Crippen molar-refractivity contribution >= 4 is 27.5 Å². The molecule has 0 atom stereocenters. The summed E-state index contributed by atoms with van der Waals surface area (Å²) < 4.78 is 38.0. The zero-order valence-electron chi connectivity index (χ0n) is 7.25. The summed E-state index contributed by atoms with van der Waals surface area (Å²) in [4.78, 5) is 0. The Hall–Kier alpha value is -0.220. The van der Waals surface area contributed by atoms with Crippen LogP contribution in [0.4, 0.5) is 13.2 Å². The van der Waals surface area contributed by atoms with Gasteiger partial charge in [0.05, 0.1) is 10.6 Å². The van der Waals surface area contributed by atoms with Crippen LogP contribution in [-0.2, 0) is 12.6 Å². The van der Waals surface area contributed by atoms with Crippen molar-refractivity contribution in [2.24, 2.45) is 0 Å². The van der Waals surface area contributed by atoms with Gasteiger partial charge in [-0.3, -0.25) is 0 Å². The normalized spacial score (nSPS) is 11.9. The lowest BCUT2D eigenvalue weighted by Gasteiger charge is -2.14. The van der Waals surface area contributed by atoms with E-state index in [4.69, 9.17) is 11.6 Å². The van der Waals surface area contributed by atoms with E-state index in [-0.39, 0.29) is 15.1 Å². The number of aryl methyl sites for hydroxylation is 1. The predicted molar refractivity (Wildman–Crippen MR) is 53.5 cm³/mol. The molecule has 0 unspecified atom stereocenters. The van der Waals surface area contributed by atoms with Gasteiger partial charge in [0.2, 0.25) is 0 Å². The van der Waals surface area contributed by atoms with Gasteiger partial charge in [-0.2, -0.15) is 13.2 Å². The zero-order chi connectivity index (χ0) is 10.9. The van der Waals surface area contributed by atoms with Crippen molar-refractivity contribution in [1.29, 1.82) is 0 Å². The van der Waals surface area contributed by atoms with Gasteiger partial charge >= 0.3 is 6.18 Å². The van der Waals surface area contributed by atoms with E-state index in [1.807, 2.05) is 0 Å². The van der Waals surface area contributed by atoms with Crippen molar-refractivity contribution in [2.75, 3.05) is 0 Å². The maximum Gasteiger partial charge on any atom is 0.418 e. The number of benzene rings is 1. The van der Waals surface area contributed by atoms with Crippen LogP contribution in [-0.4, -0.2) is 0 Å². The number of alkyl halides is 3. The van der Waals surface area contributed by atoms with Crippen molar-refractivity contribution in [3.8, 4) is 0 Å². The first-order valence-corrected chi connectivity index (χ1v) is 5.09. The first kappa shape index (κ1) is 11.9. The van der Waals surface area contributed by atoms with Crippen molar-refractivity contribution in [3.05, 3.63) is 32.8 Å². The first-order chi connectivity index (χ1) is 6.38. The van der Waals surface area contributed by atoms with Crippen molar-refractivity contribution in [3.63, 3.8) is 0 Å². The van der Waals surface area contributed by atoms with Crippen molar-refractivity contribution in [2.45, 2.75) is 19.5 Å². The standard InChI is InChI=1S/C9H7BrClF3/c1-2-5-3-4-6(10)8(11)7(5)9(12,13)14/h3-4H,2H2,1H3. The topological polar surface area (TPSA) is 0 Å². The first-order valence-electron chi connectivity index (χ1n) is 3.92. The minimum absolute atomic E-state index is 0.214. The second-order valence-corrected chi connectivity index (χ2v) is 3.98. The van der Waals surface area contributed by atoms with E-state index >= 15 is 0 Å². The molecule has 0 aliphatic heterocycles. The van der Waals surface area contributed by atoms with Gasteiger partial charge < -0.3 is 0 Å². The van der Waals surface area contributed by atoms with Gasteiger partial charge in [0.1, 0.15) is 0 Å². The van der Waals surface area contributed by atoms with E-state index in [1.165, 1.54) is 12.1 Å². The SMILES string of the molecule is CCc1ccc(Br)c(Cl)c1C(F)(F)F. The van der Waals surface area contributed by atoms with E-state index in [9.17, 15) is 13.2 Å². The lowest BCUT2D eigenvalue weighted by molar-refractivity contribution is -0.138. The molecule has 0 fully saturated rings. The molecule has 0 saturated heterocycles. The summed E-state index contributed by atoms with van der Waals surface area (Å²) in [5.74, 6) is 0. The maximum atomic E-state index is 12.6. The molecule has 1 aromatic carbocycles. The summed E-state index contributed by atoms with van der Waals surface area (Å²) in [5.41, 5.74) is -0.526. The van der Waals surface area contributed by atoms with Crippen LogP contribution in [0.1, 0.15) is 18.1 Å². The molecule has 14 heavy (non-hydrogen) atoms. The molecule has 0 heterocycles. The van der Waals surface area contributed by atoms with E-state index < -0.39 is 11.7 Å². The average Bonchev–Trinajstić information content (AvgIpc) is 2.07. The largest absolute Gasteiger partial charge is 0.418 e. The van der Waals surface area contributed by atoms with E-state index in [0.717, 1.165) is 0 Å². The molecule has 0 bridgehead atoms. The van der Waals surface area contributed by atoms with Gasteiger partial charge in [-0.15, -0.1) is 0 Å². The monoisotopic (exact) mass is 286 g/mol. The van der Waals surface area contributed by atoms with Gasteiger partial charge in [0.15, 0.2) is 0 Å². The highest BCUT2D eigenvalue weighted by Gasteiger charge is 2.36. The van der Waals surface area contributed by atoms with Crippen LogP contribution < -0.4 is 0 Å². The number of hydrogen-bond acceptors (Lipinski definition) is 0. The molecule has 0 amide bonds. The highest BCUT2D eigenvalue weighted by Crippen LogP contribution is 2.40. The van der Waals surface area contributed by atoms with Crippen LogP contribution in [0.15, 0.2) is 16.6 Å². The third-order valence-electron chi connectivity index (χ3n) is 1.85. The molecule has 0 aliphatic rings. The summed E-state index contributed by atoms with van der Waals surface area (Å²) in [6.45, 7) is 1.66. The molecule has 1 aromatic rings. The van der Waals surface area contributed by atoms with Gasteiger partial charge in [-0.25, -0.2) is 0 Å². The highest BCUT2D eigenvalue weighted by atomic mass is 79.9. The molecular weight excluding hydrogens is 280 g/mol. The molecule has 0 aromatic heterocycles. The third-order valence-corrected chi connectivity index (χ3v) is 3.13. The summed E-state index contributed by atoms with van der Waals surface area (Å²) >= 11 is 8.56. The molecular formula is C9H7BrClF3. The van der Waals surface area contributed by atoms with E-state index in [2.05, 4.69) is 15.9 Å². The Kier molecular flexibility index (Phi) is 3.48. The minimum atomic E-state index is -4.40.